The summed E-state index contributed by atoms with van der Waals surface area (Å²) in [5, 5.41) is 0. The van der Waals surface area contributed by atoms with Crippen LogP contribution in [0.2, 0.25) is 39.3 Å². The molecule has 0 amide bonds. The first kappa shape index (κ1) is 19.3. The molecule has 3 nitrogen and oxygen atoms in total. The van der Waals surface area contributed by atoms with E-state index in [1.165, 1.54) is 25.7 Å². The lowest BCUT2D eigenvalue weighted by Crippen LogP contribution is -2.36. The molecule has 0 fully saturated rings. The van der Waals surface area contributed by atoms with Crippen LogP contribution in [-0.4, -0.2) is 29.3 Å². The van der Waals surface area contributed by atoms with Crippen LogP contribution in [0.25, 0.3) is 0 Å². The summed E-state index contributed by atoms with van der Waals surface area (Å²) in [6.45, 7) is 15.9. The zero-order valence-corrected chi connectivity index (χ0v) is 16.0. The summed E-state index contributed by atoms with van der Waals surface area (Å²) in [4.78, 5) is 5.42. The molecule has 0 aromatic heterocycles. The van der Waals surface area contributed by atoms with Gasteiger partial charge in [0.05, 0.1) is 6.10 Å². The molecular weight excluding hydrogens is 272 g/mol. The van der Waals surface area contributed by atoms with Crippen LogP contribution < -0.4 is 0 Å². The molecule has 1 unspecified atom stereocenters. The van der Waals surface area contributed by atoms with Crippen molar-refractivity contribution in [3.8, 4) is 0 Å². The molecule has 0 N–H and O–H groups in total. The van der Waals surface area contributed by atoms with Gasteiger partial charge in [-0.3, -0.25) is 4.58 Å². The third-order valence-electron chi connectivity index (χ3n) is 2.46. The SMILES string of the molecule is CCCCCCC(COO[Si](C)(C)C)O[Si](C)(C)C. The molecule has 116 valence electrons. The standard InChI is InChI=1S/C14H34O3Si2/c1-8-9-10-11-12-14(16-18(2,3)4)13-15-17-19(5,6)7/h14H,8-13H2,1-7H3. The van der Waals surface area contributed by atoms with Crippen molar-refractivity contribution in [3.63, 3.8) is 0 Å². The highest BCUT2D eigenvalue weighted by Gasteiger charge is 2.23. The Morgan fingerprint density at radius 1 is 0.842 bits per heavy atom. The van der Waals surface area contributed by atoms with Gasteiger partial charge in [-0.25, -0.2) is 4.89 Å². The van der Waals surface area contributed by atoms with Crippen molar-refractivity contribution >= 4 is 16.6 Å². The Morgan fingerprint density at radius 3 is 1.95 bits per heavy atom. The number of hydrogen-bond acceptors (Lipinski definition) is 3. The lowest BCUT2D eigenvalue weighted by molar-refractivity contribution is -0.232. The van der Waals surface area contributed by atoms with Gasteiger partial charge in [0, 0.05) is 0 Å². The lowest BCUT2D eigenvalue weighted by Gasteiger charge is -2.27. The quantitative estimate of drug-likeness (QED) is 0.234. The van der Waals surface area contributed by atoms with Crippen LogP contribution in [-0.2, 0) is 13.9 Å². The predicted molar refractivity (Wildman–Crippen MR) is 87.4 cm³/mol. The van der Waals surface area contributed by atoms with Crippen LogP contribution in [0.3, 0.4) is 0 Å². The molecule has 0 aromatic carbocycles. The summed E-state index contributed by atoms with van der Waals surface area (Å²) >= 11 is 0. The monoisotopic (exact) mass is 306 g/mol. The topological polar surface area (TPSA) is 27.7 Å². The molecule has 1 atom stereocenters. The molecule has 5 heteroatoms. The number of unbranched alkanes of at least 4 members (excludes halogenated alkanes) is 3. The van der Waals surface area contributed by atoms with Crippen molar-refractivity contribution in [2.45, 2.75) is 84.4 Å². The second kappa shape index (κ2) is 9.29. The molecule has 0 spiro atoms. The summed E-state index contributed by atoms with van der Waals surface area (Å²) in [7, 11) is -3.10. The van der Waals surface area contributed by atoms with E-state index in [2.05, 4.69) is 46.2 Å². The molecular formula is C14H34O3Si2. The molecule has 0 saturated carbocycles. The van der Waals surface area contributed by atoms with Gasteiger partial charge in [-0.15, -0.1) is 0 Å². The van der Waals surface area contributed by atoms with Crippen LogP contribution in [0.4, 0.5) is 0 Å². The van der Waals surface area contributed by atoms with Crippen LogP contribution in [0.1, 0.15) is 39.0 Å². The van der Waals surface area contributed by atoms with E-state index in [4.69, 9.17) is 13.9 Å². The molecule has 0 aliphatic rings. The highest BCUT2D eigenvalue weighted by atomic mass is 28.4. The minimum absolute atomic E-state index is 0.194. The van der Waals surface area contributed by atoms with Crippen LogP contribution >= 0.6 is 0 Å². The summed E-state index contributed by atoms with van der Waals surface area (Å²) in [6.07, 6.45) is 6.37. The maximum Gasteiger partial charge on any atom is 0.230 e. The minimum Gasteiger partial charge on any atom is -0.412 e. The largest absolute Gasteiger partial charge is 0.412 e. The van der Waals surface area contributed by atoms with Gasteiger partial charge in [0.15, 0.2) is 8.32 Å². The van der Waals surface area contributed by atoms with Crippen molar-refractivity contribution in [2.75, 3.05) is 6.61 Å². The number of rotatable bonds is 11. The van der Waals surface area contributed by atoms with Crippen molar-refractivity contribution in [2.24, 2.45) is 0 Å². The maximum absolute atomic E-state index is 6.18. The molecule has 0 heterocycles. The lowest BCUT2D eigenvalue weighted by atomic mass is 10.1. The molecule has 0 aliphatic heterocycles. The molecule has 0 bridgehead atoms. The Hall–Kier alpha value is 0.314. The van der Waals surface area contributed by atoms with Gasteiger partial charge < -0.3 is 4.43 Å². The van der Waals surface area contributed by atoms with E-state index in [1.54, 1.807) is 0 Å². The first-order valence-corrected chi connectivity index (χ1v) is 14.4. The van der Waals surface area contributed by atoms with Crippen molar-refractivity contribution < 1.29 is 13.9 Å². The van der Waals surface area contributed by atoms with E-state index in [9.17, 15) is 0 Å². The van der Waals surface area contributed by atoms with Gasteiger partial charge >= 0.3 is 0 Å². The Bertz CT molecular complexity index is 222. The Balaban J connectivity index is 4.04. The Kier molecular flexibility index (Phi) is 9.44. The van der Waals surface area contributed by atoms with Gasteiger partial charge in [-0.05, 0) is 45.7 Å². The highest BCUT2D eigenvalue weighted by Crippen LogP contribution is 2.15. The van der Waals surface area contributed by atoms with Crippen molar-refractivity contribution in [3.05, 3.63) is 0 Å². The molecule has 0 saturated heterocycles. The summed E-state index contributed by atoms with van der Waals surface area (Å²) in [5.74, 6) is 0. The summed E-state index contributed by atoms with van der Waals surface area (Å²) in [5.41, 5.74) is 0. The van der Waals surface area contributed by atoms with E-state index in [0.29, 0.717) is 6.61 Å². The third-order valence-corrected chi connectivity index (χ3v) is 4.12. The summed E-state index contributed by atoms with van der Waals surface area (Å²) in [6, 6.07) is 0. The van der Waals surface area contributed by atoms with E-state index >= 15 is 0 Å². The van der Waals surface area contributed by atoms with Crippen molar-refractivity contribution in [1.29, 1.82) is 0 Å². The fourth-order valence-corrected chi connectivity index (χ4v) is 3.37. The van der Waals surface area contributed by atoms with Gasteiger partial charge in [-0.1, -0.05) is 32.6 Å². The van der Waals surface area contributed by atoms with E-state index in [-0.39, 0.29) is 6.10 Å². The predicted octanol–water partition coefficient (Wildman–Crippen LogP) is 4.96. The average Bonchev–Trinajstić information content (AvgIpc) is 2.20. The number of hydrogen-bond donors (Lipinski definition) is 0. The van der Waals surface area contributed by atoms with Gasteiger partial charge in [0.2, 0.25) is 8.32 Å². The second-order valence-electron chi connectivity index (χ2n) is 7.18. The molecule has 19 heavy (non-hydrogen) atoms. The fraction of sp³-hybridized carbons (Fsp3) is 1.00. The fourth-order valence-electron chi connectivity index (χ4n) is 1.76. The Morgan fingerprint density at radius 2 is 1.47 bits per heavy atom. The Labute approximate surface area is 122 Å². The minimum atomic E-state index is -1.59. The van der Waals surface area contributed by atoms with E-state index in [0.717, 1.165) is 6.42 Å². The highest BCUT2D eigenvalue weighted by molar-refractivity contribution is 6.70. The molecule has 0 aromatic rings. The van der Waals surface area contributed by atoms with Crippen LogP contribution in [0.15, 0.2) is 0 Å². The molecule has 0 aliphatic carbocycles. The normalized spacial score (nSPS) is 14.7. The van der Waals surface area contributed by atoms with Gasteiger partial charge in [0.1, 0.15) is 6.61 Å². The maximum atomic E-state index is 6.18. The van der Waals surface area contributed by atoms with E-state index in [1.807, 2.05) is 0 Å². The smallest absolute Gasteiger partial charge is 0.230 e. The first-order valence-electron chi connectivity index (χ1n) is 7.62. The first-order chi connectivity index (χ1) is 8.64. The third kappa shape index (κ3) is 14.5. The van der Waals surface area contributed by atoms with Gasteiger partial charge in [-0.2, -0.15) is 0 Å². The second-order valence-corrected chi connectivity index (χ2v) is 16.0. The van der Waals surface area contributed by atoms with E-state index < -0.39 is 16.6 Å². The van der Waals surface area contributed by atoms with Crippen molar-refractivity contribution in [1.82, 2.24) is 0 Å². The van der Waals surface area contributed by atoms with Crippen LogP contribution in [0, 0.1) is 0 Å². The average molecular weight is 307 g/mol. The molecule has 0 radical (unpaired) electrons. The molecule has 0 rings (SSSR count). The van der Waals surface area contributed by atoms with Crippen LogP contribution in [0.5, 0.6) is 0 Å². The van der Waals surface area contributed by atoms with Gasteiger partial charge in [0.25, 0.3) is 0 Å². The summed E-state index contributed by atoms with van der Waals surface area (Å²) < 4.78 is 11.7. The zero-order valence-electron chi connectivity index (χ0n) is 14.0. The zero-order chi connectivity index (χ0) is 14.9.